The summed E-state index contributed by atoms with van der Waals surface area (Å²) < 4.78 is 0. The molecule has 1 aromatic heterocycles. The molecule has 0 radical (unpaired) electrons. The molecule has 5 nitrogen and oxygen atoms in total. The fourth-order valence-electron chi connectivity index (χ4n) is 1.38. The fraction of sp³-hybridized carbons (Fsp3) is 0.636. The lowest BCUT2D eigenvalue weighted by Gasteiger charge is -2.10. The summed E-state index contributed by atoms with van der Waals surface area (Å²) in [6, 6.07) is 0. The number of hydrogen-bond acceptors (Lipinski definition) is 4. The first-order valence-corrected chi connectivity index (χ1v) is 7.06. The Morgan fingerprint density at radius 1 is 1.71 bits per heavy atom. The van der Waals surface area contributed by atoms with Crippen LogP contribution in [-0.2, 0) is 11.2 Å². The van der Waals surface area contributed by atoms with Crippen molar-refractivity contribution in [3.63, 3.8) is 0 Å². The third kappa shape index (κ3) is 5.74. The van der Waals surface area contributed by atoms with Crippen molar-refractivity contribution >= 4 is 17.7 Å². The second-order valence-corrected chi connectivity index (χ2v) is 4.71. The maximum atomic E-state index is 11.4. The lowest BCUT2D eigenvalue weighted by molar-refractivity contribution is -0.129. The van der Waals surface area contributed by atoms with Crippen LogP contribution in [0.2, 0.25) is 0 Å². The van der Waals surface area contributed by atoms with Gasteiger partial charge in [0, 0.05) is 25.4 Å². The number of aliphatic hydroxyl groups excluding tert-OH is 1. The molecule has 0 bridgehead atoms. The third-order valence-electron chi connectivity index (χ3n) is 2.34. The largest absolute Gasteiger partial charge is 0.383 e. The van der Waals surface area contributed by atoms with Gasteiger partial charge in [-0.05, 0) is 24.9 Å². The molecule has 17 heavy (non-hydrogen) atoms. The second kappa shape index (κ2) is 8.14. The summed E-state index contributed by atoms with van der Waals surface area (Å²) in [5.74, 6) is 1.43. The van der Waals surface area contributed by atoms with E-state index in [1.807, 2.05) is 6.26 Å². The molecule has 1 amide bonds. The van der Waals surface area contributed by atoms with E-state index in [0.29, 0.717) is 13.0 Å². The minimum atomic E-state index is -0.883. The number of H-pyrrole nitrogens is 1. The molecule has 1 heterocycles. The SMILES string of the molecule is CSCC[C@@H](O)C(=O)NCCCc1ncc[nH]1. The number of rotatable bonds is 8. The van der Waals surface area contributed by atoms with Crippen LogP contribution in [0.3, 0.4) is 0 Å². The number of nitrogens with one attached hydrogen (secondary N) is 2. The Morgan fingerprint density at radius 2 is 2.53 bits per heavy atom. The molecule has 1 aromatic rings. The Kier molecular flexibility index (Phi) is 6.73. The summed E-state index contributed by atoms with van der Waals surface area (Å²) >= 11 is 1.62. The molecular weight excluding hydrogens is 238 g/mol. The van der Waals surface area contributed by atoms with Crippen molar-refractivity contribution in [2.24, 2.45) is 0 Å². The molecule has 1 rings (SSSR count). The summed E-state index contributed by atoms with van der Waals surface area (Å²) in [4.78, 5) is 18.5. The number of amides is 1. The number of carbonyl (C=O) groups excluding carboxylic acids is 1. The molecular formula is C11H19N3O2S. The van der Waals surface area contributed by atoms with Crippen LogP contribution in [0.1, 0.15) is 18.7 Å². The molecule has 0 aliphatic rings. The molecule has 1 atom stereocenters. The lowest BCUT2D eigenvalue weighted by atomic mass is 10.2. The standard InChI is InChI=1S/C11H19N3O2S/c1-17-8-4-9(15)11(16)14-5-2-3-10-12-6-7-13-10/h6-7,9,15H,2-5,8H2,1H3,(H,12,13)(H,14,16)/t9-/m1/s1. The highest BCUT2D eigenvalue weighted by atomic mass is 32.2. The maximum Gasteiger partial charge on any atom is 0.248 e. The topological polar surface area (TPSA) is 78.0 Å². The highest BCUT2D eigenvalue weighted by Gasteiger charge is 2.13. The Hall–Kier alpha value is -1.01. The van der Waals surface area contributed by atoms with Crippen LogP contribution in [0.15, 0.2) is 12.4 Å². The summed E-state index contributed by atoms with van der Waals surface area (Å²) in [6.45, 7) is 0.565. The Labute approximate surface area is 105 Å². The summed E-state index contributed by atoms with van der Waals surface area (Å²) in [5.41, 5.74) is 0. The van der Waals surface area contributed by atoms with Crippen LogP contribution < -0.4 is 5.32 Å². The van der Waals surface area contributed by atoms with Crippen molar-refractivity contribution in [3.8, 4) is 0 Å². The van der Waals surface area contributed by atoms with E-state index in [-0.39, 0.29) is 5.91 Å². The first-order chi connectivity index (χ1) is 8.24. The van der Waals surface area contributed by atoms with Crippen molar-refractivity contribution in [3.05, 3.63) is 18.2 Å². The fourth-order valence-corrected chi connectivity index (χ4v) is 1.84. The van der Waals surface area contributed by atoms with Gasteiger partial charge in [-0.3, -0.25) is 4.79 Å². The van der Waals surface area contributed by atoms with Crippen molar-refractivity contribution in [1.29, 1.82) is 0 Å². The Bertz CT molecular complexity index is 317. The van der Waals surface area contributed by atoms with Crippen LogP contribution in [0, 0.1) is 0 Å². The van der Waals surface area contributed by atoms with Gasteiger partial charge < -0.3 is 15.4 Å². The van der Waals surface area contributed by atoms with Gasteiger partial charge in [0.05, 0.1) is 0 Å². The monoisotopic (exact) mass is 257 g/mol. The molecule has 0 unspecified atom stereocenters. The van der Waals surface area contributed by atoms with Crippen molar-refractivity contribution in [1.82, 2.24) is 15.3 Å². The van der Waals surface area contributed by atoms with Gasteiger partial charge in [-0.25, -0.2) is 4.98 Å². The molecule has 0 saturated carbocycles. The Morgan fingerprint density at radius 3 is 3.18 bits per heavy atom. The summed E-state index contributed by atoms with van der Waals surface area (Å²) in [6.07, 6.45) is 6.67. The Balaban J connectivity index is 2.07. The molecule has 0 spiro atoms. The third-order valence-corrected chi connectivity index (χ3v) is 2.99. The number of thioether (sulfide) groups is 1. The van der Waals surface area contributed by atoms with Crippen LogP contribution in [-0.4, -0.2) is 45.6 Å². The minimum Gasteiger partial charge on any atom is -0.383 e. The number of carbonyl (C=O) groups is 1. The van der Waals surface area contributed by atoms with Crippen LogP contribution >= 0.6 is 11.8 Å². The average molecular weight is 257 g/mol. The van der Waals surface area contributed by atoms with E-state index < -0.39 is 6.10 Å². The van der Waals surface area contributed by atoms with E-state index in [2.05, 4.69) is 15.3 Å². The van der Waals surface area contributed by atoms with Gasteiger partial charge in [0.15, 0.2) is 0 Å². The van der Waals surface area contributed by atoms with Crippen molar-refractivity contribution in [2.45, 2.75) is 25.4 Å². The molecule has 0 fully saturated rings. The molecule has 0 aliphatic carbocycles. The van der Waals surface area contributed by atoms with Gasteiger partial charge in [-0.15, -0.1) is 0 Å². The van der Waals surface area contributed by atoms with Gasteiger partial charge in [0.25, 0.3) is 0 Å². The van der Waals surface area contributed by atoms with Crippen molar-refractivity contribution in [2.75, 3.05) is 18.6 Å². The molecule has 6 heteroatoms. The predicted molar refractivity (Wildman–Crippen MR) is 68.9 cm³/mol. The van der Waals surface area contributed by atoms with Crippen LogP contribution in [0.5, 0.6) is 0 Å². The smallest absolute Gasteiger partial charge is 0.248 e. The van der Waals surface area contributed by atoms with Crippen LogP contribution in [0.4, 0.5) is 0 Å². The number of aryl methyl sites for hydroxylation is 1. The number of aliphatic hydroxyl groups is 1. The highest BCUT2D eigenvalue weighted by Crippen LogP contribution is 2.00. The van der Waals surface area contributed by atoms with Gasteiger partial charge in [-0.2, -0.15) is 11.8 Å². The average Bonchev–Trinajstić information content (AvgIpc) is 2.84. The number of hydrogen-bond donors (Lipinski definition) is 3. The molecule has 0 saturated heterocycles. The normalized spacial score (nSPS) is 12.4. The maximum absolute atomic E-state index is 11.4. The highest BCUT2D eigenvalue weighted by molar-refractivity contribution is 7.98. The molecule has 0 aliphatic heterocycles. The van der Waals surface area contributed by atoms with Gasteiger partial charge >= 0.3 is 0 Å². The number of aromatic amines is 1. The minimum absolute atomic E-state index is 0.279. The number of nitrogens with zero attached hydrogens (tertiary/aromatic N) is 1. The van der Waals surface area contributed by atoms with Crippen LogP contribution in [0.25, 0.3) is 0 Å². The lowest BCUT2D eigenvalue weighted by Crippen LogP contribution is -2.35. The summed E-state index contributed by atoms with van der Waals surface area (Å²) in [7, 11) is 0. The predicted octanol–water partition coefficient (Wildman–Crippen LogP) is 0.572. The van der Waals surface area contributed by atoms with E-state index in [4.69, 9.17) is 0 Å². The zero-order valence-corrected chi connectivity index (χ0v) is 10.8. The molecule has 0 aromatic carbocycles. The van der Waals surface area contributed by atoms with E-state index in [0.717, 1.165) is 24.4 Å². The molecule has 3 N–H and O–H groups in total. The number of aromatic nitrogens is 2. The second-order valence-electron chi connectivity index (χ2n) is 3.73. The quantitative estimate of drug-likeness (QED) is 0.595. The van der Waals surface area contributed by atoms with E-state index in [1.54, 1.807) is 24.2 Å². The van der Waals surface area contributed by atoms with E-state index >= 15 is 0 Å². The van der Waals surface area contributed by atoms with E-state index in [9.17, 15) is 9.90 Å². The number of imidazole rings is 1. The first kappa shape index (κ1) is 14.1. The summed E-state index contributed by atoms with van der Waals surface area (Å²) in [5, 5.41) is 12.2. The van der Waals surface area contributed by atoms with Gasteiger partial charge in [-0.1, -0.05) is 0 Å². The molecule has 96 valence electrons. The zero-order valence-electron chi connectivity index (χ0n) is 9.98. The zero-order chi connectivity index (χ0) is 12.5. The van der Waals surface area contributed by atoms with Gasteiger partial charge in [0.1, 0.15) is 11.9 Å². The van der Waals surface area contributed by atoms with Gasteiger partial charge in [0.2, 0.25) is 5.91 Å². The van der Waals surface area contributed by atoms with Crippen molar-refractivity contribution < 1.29 is 9.90 Å². The van der Waals surface area contributed by atoms with E-state index in [1.165, 1.54) is 0 Å². The first-order valence-electron chi connectivity index (χ1n) is 5.67.